The lowest BCUT2D eigenvalue weighted by molar-refractivity contribution is 0.638. The van der Waals surface area contributed by atoms with Gasteiger partial charge in [-0.1, -0.05) is 0 Å². The average molecular weight is 140 g/mol. The van der Waals surface area contributed by atoms with E-state index in [1.807, 2.05) is 0 Å². The van der Waals surface area contributed by atoms with Gasteiger partial charge in [-0.3, -0.25) is 0 Å². The molecule has 0 bridgehead atoms. The Hall–Kier alpha value is -0.410. The number of aromatic nitrogens is 1. The summed E-state index contributed by atoms with van der Waals surface area (Å²) in [4.78, 5) is 0. The van der Waals surface area contributed by atoms with Crippen molar-refractivity contribution in [3.63, 3.8) is 0 Å². The number of hydrogen-bond donors (Lipinski definition) is 1. The van der Waals surface area contributed by atoms with Gasteiger partial charge in [0.05, 0.1) is 5.69 Å². The predicted octanol–water partition coefficient (Wildman–Crippen LogP) is 0.789. The Morgan fingerprint density at radius 2 is 2.67 bits per heavy atom. The van der Waals surface area contributed by atoms with Gasteiger partial charge in [0.2, 0.25) is 0 Å². The Kier molecular flexibility index (Phi) is 1.24. The van der Waals surface area contributed by atoms with Crippen molar-refractivity contribution in [2.75, 3.05) is 6.54 Å². The van der Waals surface area contributed by atoms with E-state index in [4.69, 9.17) is 0 Å². The first-order chi connectivity index (χ1) is 4.47. The lowest BCUT2D eigenvalue weighted by Gasteiger charge is -2.09. The summed E-state index contributed by atoms with van der Waals surface area (Å²) in [6.07, 6.45) is 1.11. The second-order valence-electron chi connectivity index (χ2n) is 2.21. The van der Waals surface area contributed by atoms with E-state index in [1.54, 1.807) is 11.5 Å². The maximum atomic E-state index is 4.26. The minimum atomic E-state index is 1.02. The van der Waals surface area contributed by atoms with Gasteiger partial charge in [0.25, 0.3) is 0 Å². The van der Waals surface area contributed by atoms with Gasteiger partial charge < -0.3 is 5.32 Å². The fraction of sp³-hybridized carbons (Fsp3) is 0.500. The molecule has 0 amide bonds. The molecule has 0 fully saturated rings. The van der Waals surface area contributed by atoms with Crippen LogP contribution in [0, 0.1) is 0 Å². The van der Waals surface area contributed by atoms with Crippen LogP contribution in [0.1, 0.15) is 11.3 Å². The van der Waals surface area contributed by atoms with Crippen LogP contribution in [0.25, 0.3) is 0 Å². The lowest BCUT2D eigenvalue weighted by Crippen LogP contribution is -2.22. The highest BCUT2D eigenvalue weighted by molar-refractivity contribution is 7.03. The molecule has 9 heavy (non-hydrogen) atoms. The average Bonchev–Trinajstić information content (AvgIpc) is 2.33. The van der Waals surface area contributed by atoms with Crippen LogP contribution < -0.4 is 5.32 Å². The van der Waals surface area contributed by atoms with Crippen LogP contribution in [0.15, 0.2) is 5.38 Å². The van der Waals surface area contributed by atoms with E-state index < -0.39 is 0 Å². The zero-order valence-electron chi connectivity index (χ0n) is 5.05. The molecule has 0 atom stereocenters. The fourth-order valence-corrected chi connectivity index (χ4v) is 1.80. The number of nitrogens with one attached hydrogen (secondary N) is 1. The molecule has 0 saturated carbocycles. The Balaban J connectivity index is 2.39. The van der Waals surface area contributed by atoms with Crippen LogP contribution >= 0.6 is 11.5 Å². The summed E-state index contributed by atoms with van der Waals surface area (Å²) in [5, 5.41) is 5.42. The van der Waals surface area contributed by atoms with Gasteiger partial charge in [-0.05, 0) is 17.1 Å². The number of fused-ring (bicyclic) bond motifs is 1. The summed E-state index contributed by atoms with van der Waals surface area (Å²) in [5.74, 6) is 0. The second kappa shape index (κ2) is 2.08. The third kappa shape index (κ3) is 0.862. The van der Waals surface area contributed by atoms with Crippen molar-refractivity contribution in [1.82, 2.24) is 9.69 Å². The molecule has 2 heterocycles. The van der Waals surface area contributed by atoms with E-state index in [0.717, 1.165) is 19.5 Å². The largest absolute Gasteiger partial charge is 0.312 e. The molecule has 2 nitrogen and oxygen atoms in total. The summed E-state index contributed by atoms with van der Waals surface area (Å²) in [7, 11) is 0. The number of nitrogens with zero attached hydrogens (tertiary/aromatic N) is 1. The van der Waals surface area contributed by atoms with Crippen LogP contribution in [-0.4, -0.2) is 10.9 Å². The Bertz CT molecular complexity index is 186. The first-order valence-corrected chi connectivity index (χ1v) is 3.93. The highest BCUT2D eigenvalue weighted by Crippen LogP contribution is 2.13. The SMILES string of the molecule is c1snc2c1CNCC2. The van der Waals surface area contributed by atoms with Crippen molar-refractivity contribution in [3.8, 4) is 0 Å². The first kappa shape index (κ1) is 5.38. The minimum Gasteiger partial charge on any atom is -0.312 e. The molecule has 1 aliphatic heterocycles. The summed E-state index contributed by atoms with van der Waals surface area (Å²) in [5.41, 5.74) is 2.70. The Morgan fingerprint density at radius 1 is 1.67 bits per heavy atom. The molecule has 0 saturated heterocycles. The zero-order valence-corrected chi connectivity index (χ0v) is 5.87. The van der Waals surface area contributed by atoms with Gasteiger partial charge in [-0.15, -0.1) is 0 Å². The van der Waals surface area contributed by atoms with E-state index >= 15 is 0 Å². The molecule has 1 aromatic rings. The van der Waals surface area contributed by atoms with Crippen LogP contribution in [0.2, 0.25) is 0 Å². The molecule has 1 N–H and O–H groups in total. The molecule has 0 spiro atoms. The third-order valence-corrected chi connectivity index (χ3v) is 2.30. The van der Waals surface area contributed by atoms with E-state index in [9.17, 15) is 0 Å². The molecule has 1 aromatic heterocycles. The number of hydrogen-bond acceptors (Lipinski definition) is 3. The highest BCUT2D eigenvalue weighted by atomic mass is 32.1. The molecule has 0 unspecified atom stereocenters. The first-order valence-electron chi connectivity index (χ1n) is 3.09. The second-order valence-corrected chi connectivity index (χ2v) is 2.84. The van der Waals surface area contributed by atoms with Crippen molar-refractivity contribution in [3.05, 3.63) is 16.6 Å². The van der Waals surface area contributed by atoms with Gasteiger partial charge >= 0.3 is 0 Å². The summed E-state index contributed by atoms with van der Waals surface area (Å²) in [6, 6.07) is 0. The quantitative estimate of drug-likeness (QED) is 0.576. The van der Waals surface area contributed by atoms with E-state index in [1.165, 1.54) is 11.3 Å². The summed E-state index contributed by atoms with van der Waals surface area (Å²) < 4.78 is 4.26. The van der Waals surface area contributed by atoms with Crippen LogP contribution in [0.4, 0.5) is 0 Å². The highest BCUT2D eigenvalue weighted by Gasteiger charge is 2.08. The molecule has 2 rings (SSSR count). The zero-order chi connectivity index (χ0) is 6.10. The molecule has 48 valence electrons. The van der Waals surface area contributed by atoms with Crippen molar-refractivity contribution >= 4 is 11.5 Å². The molecular formula is C6H8N2S. The van der Waals surface area contributed by atoms with Crippen molar-refractivity contribution in [2.45, 2.75) is 13.0 Å². The standard InChI is InChI=1S/C6H8N2S/c1-2-7-3-5-4-9-8-6(1)5/h4,7H,1-3H2. The molecule has 0 aromatic carbocycles. The normalized spacial score (nSPS) is 17.3. The summed E-state index contributed by atoms with van der Waals surface area (Å²) >= 11 is 1.57. The molecule has 1 aliphatic rings. The molecular weight excluding hydrogens is 132 g/mol. The fourth-order valence-electron chi connectivity index (χ4n) is 1.06. The maximum Gasteiger partial charge on any atom is 0.0599 e. The molecule has 3 heteroatoms. The van der Waals surface area contributed by atoms with Gasteiger partial charge in [-0.25, -0.2) is 0 Å². The van der Waals surface area contributed by atoms with Gasteiger partial charge in [-0.2, -0.15) is 4.37 Å². The molecule has 0 radical (unpaired) electrons. The van der Waals surface area contributed by atoms with E-state index in [-0.39, 0.29) is 0 Å². The van der Waals surface area contributed by atoms with Crippen LogP contribution in [0.3, 0.4) is 0 Å². The van der Waals surface area contributed by atoms with Crippen molar-refractivity contribution < 1.29 is 0 Å². The van der Waals surface area contributed by atoms with E-state index in [0.29, 0.717) is 0 Å². The van der Waals surface area contributed by atoms with Gasteiger partial charge in [0.1, 0.15) is 0 Å². The van der Waals surface area contributed by atoms with E-state index in [2.05, 4.69) is 15.1 Å². The number of rotatable bonds is 0. The van der Waals surface area contributed by atoms with Crippen molar-refractivity contribution in [2.24, 2.45) is 0 Å². The monoisotopic (exact) mass is 140 g/mol. The Labute approximate surface area is 58.1 Å². The Morgan fingerprint density at radius 3 is 3.56 bits per heavy atom. The van der Waals surface area contributed by atoms with Crippen molar-refractivity contribution in [1.29, 1.82) is 0 Å². The smallest absolute Gasteiger partial charge is 0.0599 e. The van der Waals surface area contributed by atoms with Crippen LogP contribution in [0.5, 0.6) is 0 Å². The lowest BCUT2D eigenvalue weighted by atomic mass is 10.1. The van der Waals surface area contributed by atoms with Gasteiger partial charge in [0, 0.05) is 24.9 Å². The minimum absolute atomic E-state index is 1.02. The molecule has 0 aliphatic carbocycles. The van der Waals surface area contributed by atoms with Gasteiger partial charge in [0.15, 0.2) is 0 Å². The summed E-state index contributed by atoms with van der Waals surface area (Å²) in [6.45, 7) is 2.11. The predicted molar refractivity (Wildman–Crippen MR) is 37.5 cm³/mol. The third-order valence-electron chi connectivity index (χ3n) is 1.58. The maximum absolute atomic E-state index is 4.26. The van der Waals surface area contributed by atoms with Crippen LogP contribution in [-0.2, 0) is 13.0 Å². The topological polar surface area (TPSA) is 24.9 Å².